The molecule has 0 spiro atoms. The number of carbonyl (C=O) groups is 2. The van der Waals surface area contributed by atoms with Gasteiger partial charge in [0.2, 0.25) is 0 Å². The first-order valence-electron chi connectivity index (χ1n) is 9.24. The molecule has 1 unspecified atom stereocenters. The summed E-state index contributed by atoms with van der Waals surface area (Å²) in [5.41, 5.74) is 2.48. The zero-order valence-corrected chi connectivity index (χ0v) is 15.1. The molecule has 2 aliphatic rings. The van der Waals surface area contributed by atoms with Crippen molar-refractivity contribution >= 4 is 22.8 Å². The standard InChI is InChI=1S/C19H24N4O3/c1-21-13-20-15-12-14(5-6-16(15)21)18(24)22-7-3-8-23(10-9-22)19(25)17-4-2-11-26-17/h5-6,12-13,17H,2-4,7-11H2,1H3. The minimum Gasteiger partial charge on any atom is -0.368 e. The quantitative estimate of drug-likeness (QED) is 0.816. The maximum atomic E-state index is 12.9. The van der Waals surface area contributed by atoms with Crippen LogP contribution in [-0.4, -0.2) is 70.1 Å². The van der Waals surface area contributed by atoms with E-state index in [9.17, 15) is 9.59 Å². The van der Waals surface area contributed by atoms with Gasteiger partial charge in [-0.3, -0.25) is 9.59 Å². The van der Waals surface area contributed by atoms with Crippen molar-refractivity contribution in [2.75, 3.05) is 32.8 Å². The largest absolute Gasteiger partial charge is 0.368 e. The minimum absolute atomic E-state index is 0.00367. The summed E-state index contributed by atoms with van der Waals surface area (Å²) in [4.78, 5) is 33.5. The number of nitrogens with zero attached hydrogens (tertiary/aromatic N) is 4. The van der Waals surface area contributed by atoms with Gasteiger partial charge in [0, 0.05) is 45.4 Å². The van der Waals surface area contributed by atoms with Gasteiger partial charge in [-0.1, -0.05) is 0 Å². The molecule has 1 aromatic carbocycles. The third-order valence-corrected chi connectivity index (χ3v) is 5.27. The van der Waals surface area contributed by atoms with E-state index in [0.717, 1.165) is 30.3 Å². The van der Waals surface area contributed by atoms with E-state index in [2.05, 4.69) is 4.98 Å². The first kappa shape index (κ1) is 17.0. The summed E-state index contributed by atoms with van der Waals surface area (Å²) in [5, 5.41) is 0. The number of benzene rings is 1. The molecule has 4 rings (SSSR count). The zero-order chi connectivity index (χ0) is 18.1. The smallest absolute Gasteiger partial charge is 0.253 e. The Morgan fingerprint density at radius 2 is 1.92 bits per heavy atom. The molecule has 0 aliphatic carbocycles. The van der Waals surface area contributed by atoms with E-state index in [-0.39, 0.29) is 17.9 Å². The number of rotatable bonds is 2. The zero-order valence-electron chi connectivity index (χ0n) is 15.1. The van der Waals surface area contributed by atoms with Crippen molar-refractivity contribution < 1.29 is 14.3 Å². The van der Waals surface area contributed by atoms with Crippen LogP contribution in [0.25, 0.3) is 11.0 Å². The van der Waals surface area contributed by atoms with Crippen molar-refractivity contribution in [3.8, 4) is 0 Å². The van der Waals surface area contributed by atoms with E-state index in [4.69, 9.17) is 4.74 Å². The van der Waals surface area contributed by atoms with Crippen LogP contribution in [0.5, 0.6) is 0 Å². The average molecular weight is 356 g/mol. The maximum Gasteiger partial charge on any atom is 0.253 e. The van der Waals surface area contributed by atoms with Gasteiger partial charge in [0.1, 0.15) is 6.10 Å². The molecule has 26 heavy (non-hydrogen) atoms. The van der Waals surface area contributed by atoms with Gasteiger partial charge in [0.25, 0.3) is 11.8 Å². The Balaban J connectivity index is 1.44. The number of aryl methyl sites for hydroxylation is 1. The summed E-state index contributed by atoms with van der Waals surface area (Å²) in [6, 6.07) is 5.63. The van der Waals surface area contributed by atoms with Gasteiger partial charge >= 0.3 is 0 Å². The normalized spacial score (nSPS) is 21.2. The number of hydrogen-bond donors (Lipinski definition) is 0. The second kappa shape index (κ2) is 7.07. The highest BCUT2D eigenvalue weighted by molar-refractivity contribution is 5.97. The summed E-state index contributed by atoms with van der Waals surface area (Å²) in [7, 11) is 1.94. The Labute approximate surface area is 152 Å². The number of aromatic nitrogens is 2. The molecule has 2 fully saturated rings. The van der Waals surface area contributed by atoms with Gasteiger partial charge in [-0.15, -0.1) is 0 Å². The highest BCUT2D eigenvalue weighted by Crippen LogP contribution is 2.18. The number of imidazole rings is 1. The lowest BCUT2D eigenvalue weighted by Crippen LogP contribution is -2.41. The van der Waals surface area contributed by atoms with E-state index >= 15 is 0 Å². The monoisotopic (exact) mass is 356 g/mol. The highest BCUT2D eigenvalue weighted by Gasteiger charge is 2.30. The van der Waals surface area contributed by atoms with E-state index in [1.54, 1.807) is 6.33 Å². The van der Waals surface area contributed by atoms with Crippen molar-refractivity contribution in [1.82, 2.24) is 19.4 Å². The second-order valence-corrected chi connectivity index (χ2v) is 7.03. The van der Waals surface area contributed by atoms with E-state index in [1.807, 2.05) is 39.6 Å². The van der Waals surface area contributed by atoms with Crippen LogP contribution in [-0.2, 0) is 16.6 Å². The van der Waals surface area contributed by atoms with Crippen LogP contribution in [0.2, 0.25) is 0 Å². The van der Waals surface area contributed by atoms with Crippen LogP contribution in [0, 0.1) is 0 Å². The topological polar surface area (TPSA) is 67.7 Å². The molecule has 2 aliphatic heterocycles. The van der Waals surface area contributed by atoms with E-state index < -0.39 is 0 Å². The predicted octanol–water partition coefficient (Wildman–Crippen LogP) is 1.43. The van der Waals surface area contributed by atoms with Crippen LogP contribution in [0.3, 0.4) is 0 Å². The lowest BCUT2D eigenvalue weighted by molar-refractivity contribution is -0.140. The van der Waals surface area contributed by atoms with Crippen molar-refractivity contribution in [3.63, 3.8) is 0 Å². The number of hydrogen-bond acceptors (Lipinski definition) is 4. The minimum atomic E-state index is -0.288. The van der Waals surface area contributed by atoms with E-state index in [1.165, 1.54) is 0 Å². The third kappa shape index (κ3) is 3.19. The second-order valence-electron chi connectivity index (χ2n) is 7.03. The van der Waals surface area contributed by atoms with Gasteiger partial charge in [-0.2, -0.15) is 0 Å². The van der Waals surface area contributed by atoms with Crippen LogP contribution in [0.4, 0.5) is 0 Å². The molecule has 138 valence electrons. The Hall–Kier alpha value is -2.41. The van der Waals surface area contributed by atoms with Crippen molar-refractivity contribution in [2.24, 2.45) is 7.05 Å². The summed E-state index contributed by atoms with van der Waals surface area (Å²) in [6.07, 6.45) is 4.01. The molecule has 2 aromatic rings. The highest BCUT2D eigenvalue weighted by atomic mass is 16.5. The number of carbonyl (C=O) groups excluding carboxylic acids is 2. The van der Waals surface area contributed by atoms with Gasteiger partial charge in [-0.05, 0) is 37.5 Å². The molecule has 0 N–H and O–H groups in total. The van der Waals surface area contributed by atoms with Crippen LogP contribution in [0.15, 0.2) is 24.5 Å². The Bertz CT molecular complexity index is 825. The molecule has 7 heteroatoms. The SMILES string of the molecule is Cn1cnc2cc(C(=O)N3CCCN(C(=O)C4CCCO4)CC3)ccc21. The molecule has 0 radical (unpaired) electrons. The van der Waals surface area contributed by atoms with Crippen molar-refractivity contribution in [3.05, 3.63) is 30.1 Å². The molecule has 7 nitrogen and oxygen atoms in total. The fourth-order valence-electron chi connectivity index (χ4n) is 3.77. The molecule has 3 heterocycles. The lowest BCUT2D eigenvalue weighted by atomic mass is 10.1. The molecule has 2 amide bonds. The average Bonchev–Trinajstić information content (AvgIpc) is 3.25. The Morgan fingerprint density at radius 1 is 1.12 bits per heavy atom. The van der Waals surface area contributed by atoms with E-state index in [0.29, 0.717) is 38.3 Å². The summed E-state index contributed by atoms with van der Waals surface area (Å²) < 4.78 is 7.45. The molecule has 0 saturated carbocycles. The molecule has 1 atom stereocenters. The van der Waals surface area contributed by atoms with Crippen LogP contribution in [0.1, 0.15) is 29.6 Å². The van der Waals surface area contributed by atoms with Gasteiger partial charge < -0.3 is 19.1 Å². The molecule has 0 bridgehead atoms. The third-order valence-electron chi connectivity index (χ3n) is 5.27. The summed E-state index contributed by atoms with van der Waals surface area (Å²) >= 11 is 0. The Morgan fingerprint density at radius 3 is 2.73 bits per heavy atom. The van der Waals surface area contributed by atoms with Crippen molar-refractivity contribution in [1.29, 1.82) is 0 Å². The van der Waals surface area contributed by atoms with Gasteiger partial charge in [0.05, 0.1) is 17.4 Å². The fraction of sp³-hybridized carbons (Fsp3) is 0.526. The van der Waals surface area contributed by atoms with Crippen LogP contribution < -0.4 is 0 Å². The van der Waals surface area contributed by atoms with Gasteiger partial charge in [-0.25, -0.2) is 4.98 Å². The molecule has 1 aromatic heterocycles. The number of amides is 2. The maximum absolute atomic E-state index is 12.9. The summed E-state index contributed by atoms with van der Waals surface area (Å²) in [5.74, 6) is 0.0793. The lowest BCUT2D eigenvalue weighted by Gasteiger charge is -2.24. The molecular weight excluding hydrogens is 332 g/mol. The van der Waals surface area contributed by atoms with Crippen LogP contribution >= 0.6 is 0 Å². The predicted molar refractivity (Wildman–Crippen MR) is 96.8 cm³/mol. The number of ether oxygens (including phenoxy) is 1. The van der Waals surface area contributed by atoms with Crippen molar-refractivity contribution in [2.45, 2.75) is 25.4 Å². The Kier molecular flexibility index (Phi) is 4.63. The summed E-state index contributed by atoms with van der Waals surface area (Å²) in [6.45, 7) is 3.13. The first-order valence-corrected chi connectivity index (χ1v) is 9.24. The molecular formula is C19H24N4O3. The first-order chi connectivity index (χ1) is 12.6. The number of fused-ring (bicyclic) bond motifs is 1. The fourth-order valence-corrected chi connectivity index (χ4v) is 3.77. The van der Waals surface area contributed by atoms with Gasteiger partial charge in [0.15, 0.2) is 0 Å². The molecule has 2 saturated heterocycles.